The molecule has 0 aromatic carbocycles. The summed E-state index contributed by atoms with van der Waals surface area (Å²) < 4.78 is 0. The highest BCUT2D eigenvalue weighted by atomic mass is 32.1. The Hall–Kier alpha value is -0.840. The summed E-state index contributed by atoms with van der Waals surface area (Å²) in [7, 11) is 0. The monoisotopic (exact) mass is 245 g/mol. The van der Waals surface area contributed by atoms with Crippen LogP contribution in [-0.2, 0) is 0 Å². The molecule has 0 aromatic rings. The van der Waals surface area contributed by atoms with Gasteiger partial charge in [-0.2, -0.15) is 0 Å². The van der Waals surface area contributed by atoms with E-state index in [0.717, 1.165) is 13.0 Å². The molecule has 0 aliphatic carbocycles. The molecule has 0 radical (unpaired) electrons. The minimum absolute atomic E-state index is 0.0215. The van der Waals surface area contributed by atoms with Gasteiger partial charge in [-0.3, -0.25) is 0 Å². The fourth-order valence-electron chi connectivity index (χ4n) is 1.31. The molecule has 0 rings (SSSR count). The number of hydrogen-bond donors (Lipinski definition) is 2. The second-order valence-electron chi connectivity index (χ2n) is 4.29. The zero-order valence-corrected chi connectivity index (χ0v) is 11.3. The van der Waals surface area contributed by atoms with Crippen LogP contribution in [0.5, 0.6) is 0 Å². The van der Waals surface area contributed by atoms with Crippen molar-refractivity contribution in [2.45, 2.75) is 33.6 Å². The van der Waals surface area contributed by atoms with E-state index in [9.17, 15) is 4.79 Å². The van der Waals surface area contributed by atoms with Gasteiger partial charge in [0.2, 0.25) is 0 Å². The molecule has 0 aliphatic heterocycles. The van der Waals surface area contributed by atoms with E-state index in [1.54, 1.807) is 4.90 Å². The normalized spacial score (nSPS) is 10.2. The molecule has 16 heavy (non-hydrogen) atoms. The predicted molar refractivity (Wildman–Crippen MR) is 71.5 cm³/mol. The number of rotatable bonds is 7. The third-order valence-corrected chi connectivity index (χ3v) is 2.23. The number of thiocarbonyl (C=S) groups is 1. The van der Waals surface area contributed by atoms with E-state index < -0.39 is 0 Å². The van der Waals surface area contributed by atoms with E-state index in [2.05, 4.69) is 19.2 Å². The van der Waals surface area contributed by atoms with Crippen molar-refractivity contribution in [2.24, 2.45) is 11.7 Å². The van der Waals surface area contributed by atoms with E-state index in [-0.39, 0.29) is 6.03 Å². The van der Waals surface area contributed by atoms with Crippen molar-refractivity contribution in [3.63, 3.8) is 0 Å². The van der Waals surface area contributed by atoms with Crippen LogP contribution < -0.4 is 11.1 Å². The molecule has 0 aliphatic rings. The number of hydrogen-bond acceptors (Lipinski definition) is 2. The Morgan fingerprint density at radius 2 is 2.12 bits per heavy atom. The summed E-state index contributed by atoms with van der Waals surface area (Å²) in [5.41, 5.74) is 5.44. The van der Waals surface area contributed by atoms with Crippen molar-refractivity contribution >= 4 is 23.2 Å². The van der Waals surface area contributed by atoms with E-state index in [1.165, 1.54) is 0 Å². The lowest BCUT2D eigenvalue weighted by molar-refractivity contribution is 0.192. The zero-order valence-electron chi connectivity index (χ0n) is 10.5. The van der Waals surface area contributed by atoms with Gasteiger partial charge in [-0.15, -0.1) is 0 Å². The molecule has 2 amide bonds. The van der Waals surface area contributed by atoms with Crippen LogP contribution in [0.1, 0.15) is 33.6 Å². The predicted octanol–water partition coefficient (Wildman–Crippen LogP) is 1.74. The molecule has 0 saturated heterocycles. The largest absolute Gasteiger partial charge is 0.393 e. The first-order valence-electron chi connectivity index (χ1n) is 5.78. The number of carbonyl (C=O) groups is 1. The molecule has 0 heterocycles. The van der Waals surface area contributed by atoms with Crippen LogP contribution in [0, 0.1) is 5.92 Å². The van der Waals surface area contributed by atoms with Crippen LogP contribution in [0.2, 0.25) is 0 Å². The second-order valence-corrected chi connectivity index (χ2v) is 4.81. The fraction of sp³-hybridized carbons (Fsp3) is 0.818. The molecule has 0 spiro atoms. The molecule has 0 atom stereocenters. The smallest absolute Gasteiger partial charge is 0.317 e. The third-order valence-electron chi connectivity index (χ3n) is 2.03. The molecular weight excluding hydrogens is 222 g/mol. The topological polar surface area (TPSA) is 58.4 Å². The van der Waals surface area contributed by atoms with Gasteiger partial charge in [-0.25, -0.2) is 4.79 Å². The van der Waals surface area contributed by atoms with E-state index in [0.29, 0.717) is 30.4 Å². The number of amides is 2. The molecule has 0 aromatic heterocycles. The van der Waals surface area contributed by atoms with Gasteiger partial charge in [-0.05, 0) is 12.3 Å². The second kappa shape index (κ2) is 8.33. The number of carbonyl (C=O) groups excluding carboxylic acids is 1. The Kier molecular flexibility index (Phi) is 7.89. The van der Waals surface area contributed by atoms with Gasteiger partial charge in [0, 0.05) is 26.1 Å². The van der Waals surface area contributed by atoms with E-state index >= 15 is 0 Å². The van der Waals surface area contributed by atoms with Crippen LogP contribution in [0.3, 0.4) is 0 Å². The first-order valence-corrected chi connectivity index (χ1v) is 6.19. The molecule has 4 nitrogen and oxygen atoms in total. The van der Waals surface area contributed by atoms with Gasteiger partial charge in [0.05, 0.1) is 4.99 Å². The van der Waals surface area contributed by atoms with Gasteiger partial charge in [0.15, 0.2) is 0 Å². The summed E-state index contributed by atoms with van der Waals surface area (Å²) in [6.45, 7) is 8.24. The van der Waals surface area contributed by atoms with Gasteiger partial charge >= 0.3 is 6.03 Å². The Balaban J connectivity index is 4.17. The molecule has 0 bridgehead atoms. The van der Waals surface area contributed by atoms with Crippen molar-refractivity contribution in [3.05, 3.63) is 0 Å². The Bertz CT molecular complexity index is 231. The number of nitrogens with zero attached hydrogens (tertiary/aromatic N) is 1. The van der Waals surface area contributed by atoms with Crippen LogP contribution in [-0.4, -0.2) is 35.6 Å². The molecular formula is C11H23N3OS. The van der Waals surface area contributed by atoms with E-state index in [4.69, 9.17) is 18.0 Å². The fourth-order valence-corrected chi connectivity index (χ4v) is 1.40. The standard InChI is InChI=1S/C11H23N3OS/c1-4-6-13-11(15)14(8-9(2)3)7-5-10(12)16/h9H,4-8H2,1-3H3,(H2,12,16)(H,13,15). The SMILES string of the molecule is CCCNC(=O)N(CCC(N)=S)CC(C)C. The highest BCUT2D eigenvalue weighted by Gasteiger charge is 2.13. The van der Waals surface area contributed by atoms with Crippen LogP contribution in [0.15, 0.2) is 0 Å². The maximum atomic E-state index is 11.8. The number of nitrogens with one attached hydrogen (secondary N) is 1. The van der Waals surface area contributed by atoms with Gasteiger partial charge in [0.25, 0.3) is 0 Å². The summed E-state index contributed by atoms with van der Waals surface area (Å²) >= 11 is 4.82. The van der Waals surface area contributed by atoms with Gasteiger partial charge in [0.1, 0.15) is 0 Å². The summed E-state index contributed by atoms with van der Waals surface area (Å²) in [5.74, 6) is 0.443. The van der Waals surface area contributed by atoms with Crippen molar-refractivity contribution < 1.29 is 4.79 Å². The lowest BCUT2D eigenvalue weighted by Gasteiger charge is -2.24. The average Bonchev–Trinajstić information content (AvgIpc) is 2.19. The number of urea groups is 1. The van der Waals surface area contributed by atoms with Crippen LogP contribution in [0.25, 0.3) is 0 Å². The van der Waals surface area contributed by atoms with Gasteiger partial charge in [-0.1, -0.05) is 33.0 Å². The zero-order chi connectivity index (χ0) is 12.6. The highest BCUT2D eigenvalue weighted by Crippen LogP contribution is 2.01. The van der Waals surface area contributed by atoms with Crippen LogP contribution >= 0.6 is 12.2 Å². The highest BCUT2D eigenvalue weighted by molar-refractivity contribution is 7.80. The van der Waals surface area contributed by atoms with Crippen molar-refractivity contribution in [2.75, 3.05) is 19.6 Å². The number of nitrogens with two attached hydrogens (primary N) is 1. The summed E-state index contributed by atoms with van der Waals surface area (Å²) in [6.07, 6.45) is 1.53. The third kappa shape index (κ3) is 7.45. The lowest BCUT2D eigenvalue weighted by atomic mass is 10.2. The quantitative estimate of drug-likeness (QED) is 0.672. The van der Waals surface area contributed by atoms with E-state index in [1.807, 2.05) is 6.92 Å². The first kappa shape index (κ1) is 15.2. The molecule has 94 valence electrons. The maximum Gasteiger partial charge on any atom is 0.317 e. The molecule has 0 saturated carbocycles. The summed E-state index contributed by atoms with van der Waals surface area (Å²) in [4.78, 5) is 14.0. The molecule has 5 heteroatoms. The lowest BCUT2D eigenvalue weighted by Crippen LogP contribution is -2.43. The molecule has 3 N–H and O–H groups in total. The first-order chi connectivity index (χ1) is 7.47. The molecule has 0 fully saturated rings. The van der Waals surface area contributed by atoms with Crippen molar-refractivity contribution in [1.82, 2.24) is 10.2 Å². The summed E-state index contributed by atoms with van der Waals surface area (Å²) in [6, 6.07) is -0.0215. The Morgan fingerprint density at radius 1 is 1.50 bits per heavy atom. The minimum Gasteiger partial charge on any atom is -0.393 e. The Labute approximate surface area is 104 Å². The van der Waals surface area contributed by atoms with Crippen LogP contribution in [0.4, 0.5) is 4.79 Å². The average molecular weight is 245 g/mol. The molecule has 0 unspecified atom stereocenters. The van der Waals surface area contributed by atoms with Gasteiger partial charge < -0.3 is 16.0 Å². The minimum atomic E-state index is -0.0215. The van der Waals surface area contributed by atoms with Crippen molar-refractivity contribution in [3.8, 4) is 0 Å². The Morgan fingerprint density at radius 3 is 2.56 bits per heavy atom. The van der Waals surface area contributed by atoms with Crippen molar-refractivity contribution in [1.29, 1.82) is 0 Å². The summed E-state index contributed by atoms with van der Waals surface area (Å²) in [5, 5.41) is 2.86. The maximum absolute atomic E-state index is 11.8.